The zero-order valence-corrected chi connectivity index (χ0v) is 12.5. The van der Waals surface area contributed by atoms with Crippen LogP contribution in [0.3, 0.4) is 0 Å². The van der Waals surface area contributed by atoms with Crippen molar-refractivity contribution in [3.63, 3.8) is 0 Å². The minimum atomic E-state index is -4.43. The summed E-state index contributed by atoms with van der Waals surface area (Å²) < 4.78 is 38.5. The number of halogens is 3. The smallest absolute Gasteiger partial charge is 0.384 e. The van der Waals surface area contributed by atoms with E-state index < -0.39 is 11.7 Å². The molecule has 0 aromatic heterocycles. The first-order valence-corrected chi connectivity index (χ1v) is 7.29. The largest absolute Gasteiger partial charge is 0.418 e. The van der Waals surface area contributed by atoms with E-state index >= 15 is 0 Å². The van der Waals surface area contributed by atoms with Crippen molar-refractivity contribution in [3.05, 3.63) is 29.8 Å². The molecule has 1 aromatic rings. The van der Waals surface area contributed by atoms with Gasteiger partial charge in [0.25, 0.3) is 0 Å². The molecule has 0 spiro atoms. The average molecular weight is 329 g/mol. The summed E-state index contributed by atoms with van der Waals surface area (Å²) in [6, 6.07) is 5.18. The number of nitrogens with zero attached hydrogens (tertiary/aromatic N) is 2. The van der Waals surface area contributed by atoms with Crippen molar-refractivity contribution in [1.82, 2.24) is 9.80 Å². The molecule has 1 fully saturated rings. The monoisotopic (exact) mass is 329 g/mol. The van der Waals surface area contributed by atoms with Crippen LogP contribution in [0, 0.1) is 0 Å². The highest BCUT2D eigenvalue weighted by molar-refractivity contribution is 5.77. The molecule has 0 radical (unpaired) electrons. The minimum absolute atomic E-state index is 0.0291. The third kappa shape index (κ3) is 4.61. The van der Waals surface area contributed by atoms with Crippen molar-refractivity contribution < 1.29 is 22.8 Å². The van der Waals surface area contributed by atoms with E-state index in [1.807, 2.05) is 0 Å². The van der Waals surface area contributed by atoms with Crippen LogP contribution in [0.15, 0.2) is 24.3 Å². The molecule has 1 aliphatic rings. The van der Waals surface area contributed by atoms with Crippen molar-refractivity contribution in [3.8, 4) is 0 Å². The molecule has 1 aromatic carbocycles. The Kier molecular flexibility index (Phi) is 5.46. The van der Waals surface area contributed by atoms with E-state index in [1.54, 1.807) is 9.80 Å². The number of hydrogen-bond donors (Lipinski definition) is 1. The van der Waals surface area contributed by atoms with E-state index in [2.05, 4.69) is 5.32 Å². The van der Waals surface area contributed by atoms with Crippen molar-refractivity contribution >= 4 is 18.0 Å². The standard InChI is InChI=1S/C15H18F3N3O2/c16-15(17,18)12-3-1-2-4-13(12)19-6-5-14(23)21-9-7-20(11-22)8-10-21/h1-4,11,19H,5-10H2. The van der Waals surface area contributed by atoms with E-state index in [4.69, 9.17) is 0 Å². The quantitative estimate of drug-likeness (QED) is 0.838. The third-order valence-electron chi connectivity index (χ3n) is 3.70. The Bertz CT molecular complexity index is 555. The lowest BCUT2D eigenvalue weighted by atomic mass is 10.1. The van der Waals surface area contributed by atoms with Gasteiger partial charge in [-0.15, -0.1) is 0 Å². The Morgan fingerprint density at radius 1 is 1.17 bits per heavy atom. The van der Waals surface area contributed by atoms with Crippen LogP contribution in [0.25, 0.3) is 0 Å². The number of hydrogen-bond acceptors (Lipinski definition) is 3. The number of carbonyl (C=O) groups excluding carboxylic acids is 2. The molecule has 2 amide bonds. The Morgan fingerprint density at radius 2 is 1.83 bits per heavy atom. The van der Waals surface area contributed by atoms with Gasteiger partial charge in [-0.05, 0) is 12.1 Å². The van der Waals surface area contributed by atoms with Crippen LogP contribution in [-0.2, 0) is 15.8 Å². The van der Waals surface area contributed by atoms with E-state index in [-0.39, 0.29) is 24.6 Å². The average Bonchev–Trinajstić information content (AvgIpc) is 2.54. The number of anilines is 1. The highest BCUT2D eigenvalue weighted by Gasteiger charge is 2.33. The van der Waals surface area contributed by atoms with Gasteiger partial charge in [-0.25, -0.2) is 0 Å². The van der Waals surface area contributed by atoms with E-state index in [0.29, 0.717) is 26.2 Å². The maximum Gasteiger partial charge on any atom is 0.418 e. The van der Waals surface area contributed by atoms with Gasteiger partial charge in [0.15, 0.2) is 0 Å². The summed E-state index contributed by atoms with van der Waals surface area (Å²) in [5.41, 5.74) is -0.773. The van der Waals surface area contributed by atoms with Crippen LogP contribution in [0.2, 0.25) is 0 Å². The van der Waals surface area contributed by atoms with Crippen LogP contribution >= 0.6 is 0 Å². The highest BCUT2D eigenvalue weighted by Crippen LogP contribution is 2.34. The molecule has 0 saturated carbocycles. The van der Waals surface area contributed by atoms with Crippen LogP contribution in [0.1, 0.15) is 12.0 Å². The Labute approximate surface area is 132 Å². The fourth-order valence-electron chi connectivity index (χ4n) is 2.42. The van der Waals surface area contributed by atoms with Gasteiger partial charge < -0.3 is 15.1 Å². The van der Waals surface area contributed by atoms with E-state index in [0.717, 1.165) is 12.5 Å². The first kappa shape index (κ1) is 17.1. The number of piperazine rings is 1. The highest BCUT2D eigenvalue weighted by atomic mass is 19.4. The summed E-state index contributed by atoms with van der Waals surface area (Å²) in [5.74, 6) is -0.132. The SMILES string of the molecule is O=CN1CCN(C(=O)CCNc2ccccc2C(F)(F)F)CC1. The Morgan fingerprint density at radius 3 is 2.43 bits per heavy atom. The number of amides is 2. The van der Waals surface area contributed by atoms with Gasteiger partial charge in [-0.2, -0.15) is 13.2 Å². The number of benzene rings is 1. The lowest BCUT2D eigenvalue weighted by molar-refractivity contribution is -0.137. The zero-order valence-electron chi connectivity index (χ0n) is 12.5. The molecule has 0 unspecified atom stereocenters. The number of carbonyl (C=O) groups is 2. The molecule has 1 heterocycles. The van der Waals surface area contributed by atoms with Crippen molar-refractivity contribution in [2.75, 3.05) is 38.0 Å². The second kappa shape index (κ2) is 7.34. The van der Waals surface area contributed by atoms with Crippen LogP contribution in [0.5, 0.6) is 0 Å². The Hall–Kier alpha value is -2.25. The number of alkyl halides is 3. The lowest BCUT2D eigenvalue weighted by Crippen LogP contribution is -2.48. The molecule has 0 bridgehead atoms. The molecule has 0 aliphatic carbocycles. The molecular weight excluding hydrogens is 311 g/mol. The molecule has 5 nitrogen and oxygen atoms in total. The van der Waals surface area contributed by atoms with Crippen LogP contribution in [0.4, 0.5) is 18.9 Å². The summed E-state index contributed by atoms with van der Waals surface area (Å²) in [4.78, 5) is 25.8. The van der Waals surface area contributed by atoms with Gasteiger partial charge in [0.2, 0.25) is 12.3 Å². The molecule has 1 aliphatic heterocycles. The van der Waals surface area contributed by atoms with Gasteiger partial charge >= 0.3 is 6.18 Å². The molecule has 23 heavy (non-hydrogen) atoms. The zero-order chi connectivity index (χ0) is 16.9. The van der Waals surface area contributed by atoms with Gasteiger partial charge in [0.1, 0.15) is 0 Å². The first-order valence-electron chi connectivity index (χ1n) is 7.29. The molecule has 0 atom stereocenters. The van der Waals surface area contributed by atoms with Gasteiger partial charge in [-0.3, -0.25) is 9.59 Å². The molecule has 1 N–H and O–H groups in total. The van der Waals surface area contributed by atoms with Gasteiger partial charge in [0.05, 0.1) is 5.56 Å². The summed E-state index contributed by atoms with van der Waals surface area (Å²) in [6.07, 6.45) is -3.58. The minimum Gasteiger partial charge on any atom is -0.384 e. The van der Waals surface area contributed by atoms with Crippen molar-refractivity contribution in [2.45, 2.75) is 12.6 Å². The summed E-state index contributed by atoms with van der Waals surface area (Å²) in [7, 11) is 0. The second-order valence-electron chi connectivity index (χ2n) is 5.24. The van der Waals surface area contributed by atoms with Crippen LogP contribution < -0.4 is 5.32 Å². The molecular formula is C15H18F3N3O2. The third-order valence-corrected chi connectivity index (χ3v) is 3.70. The molecule has 8 heteroatoms. The first-order chi connectivity index (χ1) is 10.9. The topological polar surface area (TPSA) is 52.7 Å². The summed E-state index contributed by atoms with van der Waals surface area (Å²) in [6.45, 7) is 2.01. The van der Waals surface area contributed by atoms with Crippen molar-refractivity contribution in [1.29, 1.82) is 0 Å². The maximum absolute atomic E-state index is 12.8. The number of para-hydroxylation sites is 1. The molecule has 1 saturated heterocycles. The Balaban J connectivity index is 1.84. The molecule has 2 rings (SSSR count). The second-order valence-corrected chi connectivity index (χ2v) is 5.24. The van der Waals surface area contributed by atoms with Gasteiger partial charge in [-0.1, -0.05) is 12.1 Å². The summed E-state index contributed by atoms with van der Waals surface area (Å²) in [5, 5.41) is 2.68. The predicted octanol–water partition coefficient (Wildman–Crippen LogP) is 1.81. The molecule has 126 valence electrons. The fourth-order valence-corrected chi connectivity index (χ4v) is 2.42. The van der Waals surface area contributed by atoms with E-state index in [1.165, 1.54) is 18.2 Å². The predicted molar refractivity (Wildman–Crippen MR) is 78.8 cm³/mol. The fraction of sp³-hybridized carbons (Fsp3) is 0.467. The van der Waals surface area contributed by atoms with E-state index in [9.17, 15) is 22.8 Å². The van der Waals surface area contributed by atoms with Crippen molar-refractivity contribution in [2.24, 2.45) is 0 Å². The number of rotatable bonds is 5. The summed E-state index contributed by atoms with van der Waals surface area (Å²) >= 11 is 0. The maximum atomic E-state index is 12.8. The van der Waals surface area contributed by atoms with Gasteiger partial charge in [0, 0.05) is 44.8 Å². The normalized spacial score (nSPS) is 15.4. The van der Waals surface area contributed by atoms with Crippen LogP contribution in [-0.4, -0.2) is 54.8 Å². The number of nitrogens with one attached hydrogen (secondary N) is 1. The lowest BCUT2D eigenvalue weighted by Gasteiger charge is -2.32.